The molecule has 3 nitrogen and oxygen atoms in total. The molecule has 1 atom stereocenters. The van der Waals surface area contributed by atoms with Crippen molar-refractivity contribution in [3.8, 4) is 0 Å². The van der Waals surface area contributed by atoms with E-state index < -0.39 is 0 Å². The van der Waals surface area contributed by atoms with Gasteiger partial charge in [-0.2, -0.15) is 0 Å². The fourth-order valence-electron chi connectivity index (χ4n) is 2.51. The zero-order valence-electron chi connectivity index (χ0n) is 13.5. The maximum absolute atomic E-state index is 4.68. The van der Waals surface area contributed by atoms with Crippen molar-refractivity contribution in [3.05, 3.63) is 58.7 Å². The number of hydrogen-bond acceptors (Lipinski definition) is 3. The highest BCUT2D eigenvalue weighted by molar-refractivity contribution is 5.26. The molecule has 1 aromatic heterocycles. The first-order valence-corrected chi connectivity index (χ1v) is 7.71. The highest BCUT2D eigenvalue weighted by atomic mass is 14.9. The Hall–Kier alpha value is -1.74. The number of hydrogen-bond donors (Lipinski definition) is 1. The summed E-state index contributed by atoms with van der Waals surface area (Å²) in [7, 11) is 0. The first-order valence-electron chi connectivity index (χ1n) is 7.71. The second kappa shape index (κ2) is 7.32. The third kappa shape index (κ3) is 4.36. The number of nitrogens with zero attached hydrogens (tertiary/aromatic N) is 2. The van der Waals surface area contributed by atoms with Crippen LogP contribution in [0.15, 0.2) is 30.5 Å². The van der Waals surface area contributed by atoms with Crippen LogP contribution in [0.5, 0.6) is 0 Å². The van der Waals surface area contributed by atoms with Gasteiger partial charge in [0.25, 0.3) is 0 Å². The van der Waals surface area contributed by atoms with E-state index in [4.69, 9.17) is 0 Å². The van der Waals surface area contributed by atoms with Crippen molar-refractivity contribution in [1.29, 1.82) is 0 Å². The normalized spacial score (nSPS) is 12.4. The van der Waals surface area contributed by atoms with Crippen LogP contribution in [-0.4, -0.2) is 16.5 Å². The maximum atomic E-state index is 4.68. The number of nitrogens with one attached hydrogen (secondary N) is 1. The Balaban J connectivity index is 2.11. The molecule has 0 aliphatic rings. The lowest BCUT2D eigenvalue weighted by atomic mass is 10.1. The molecule has 1 unspecified atom stereocenters. The summed E-state index contributed by atoms with van der Waals surface area (Å²) in [6.07, 6.45) is 3.90. The minimum atomic E-state index is 0.304. The molecule has 0 saturated heterocycles. The van der Waals surface area contributed by atoms with Gasteiger partial charge in [-0.1, -0.05) is 36.8 Å². The van der Waals surface area contributed by atoms with Crippen molar-refractivity contribution in [2.45, 2.75) is 46.6 Å². The van der Waals surface area contributed by atoms with Gasteiger partial charge >= 0.3 is 0 Å². The van der Waals surface area contributed by atoms with Gasteiger partial charge in [-0.05, 0) is 39.3 Å². The molecule has 2 rings (SSSR count). The molecular weight excluding hydrogens is 258 g/mol. The molecular formula is C18H25N3. The number of aryl methyl sites for hydroxylation is 2. The van der Waals surface area contributed by atoms with Crippen LogP contribution < -0.4 is 5.32 Å². The van der Waals surface area contributed by atoms with Crippen molar-refractivity contribution in [2.24, 2.45) is 0 Å². The lowest BCUT2D eigenvalue weighted by molar-refractivity contribution is 0.563. The van der Waals surface area contributed by atoms with Crippen LogP contribution in [0.2, 0.25) is 0 Å². The van der Waals surface area contributed by atoms with Crippen LogP contribution in [-0.2, 0) is 6.42 Å². The molecule has 3 heteroatoms. The number of rotatable bonds is 6. The summed E-state index contributed by atoms with van der Waals surface area (Å²) in [5, 5.41) is 3.49. The third-order valence-electron chi connectivity index (χ3n) is 3.68. The van der Waals surface area contributed by atoms with Crippen LogP contribution in [0.1, 0.15) is 54.5 Å². The summed E-state index contributed by atoms with van der Waals surface area (Å²) in [5.74, 6) is 0.893. The number of aromatic nitrogens is 2. The van der Waals surface area contributed by atoms with Gasteiger partial charge in [-0.3, -0.25) is 0 Å². The van der Waals surface area contributed by atoms with E-state index in [1.54, 1.807) is 0 Å². The summed E-state index contributed by atoms with van der Waals surface area (Å²) in [4.78, 5) is 9.22. The molecule has 2 aromatic rings. The van der Waals surface area contributed by atoms with Crippen LogP contribution in [0.4, 0.5) is 0 Å². The zero-order chi connectivity index (χ0) is 15.2. The van der Waals surface area contributed by atoms with Gasteiger partial charge in [0.2, 0.25) is 0 Å². The van der Waals surface area contributed by atoms with Crippen LogP contribution >= 0.6 is 0 Å². The van der Waals surface area contributed by atoms with Crippen LogP contribution in [0, 0.1) is 13.8 Å². The van der Waals surface area contributed by atoms with E-state index in [9.17, 15) is 0 Å². The highest BCUT2D eigenvalue weighted by Crippen LogP contribution is 2.16. The minimum Gasteiger partial charge on any atom is -0.310 e. The Kier molecular flexibility index (Phi) is 5.45. The third-order valence-corrected chi connectivity index (χ3v) is 3.68. The second-order valence-corrected chi connectivity index (χ2v) is 5.67. The van der Waals surface area contributed by atoms with E-state index >= 15 is 0 Å². The molecule has 1 aromatic carbocycles. The molecule has 0 spiro atoms. The Bertz CT molecular complexity index is 593. The lowest BCUT2D eigenvalue weighted by Crippen LogP contribution is -2.21. The summed E-state index contributed by atoms with van der Waals surface area (Å²) in [5.41, 5.74) is 4.80. The quantitative estimate of drug-likeness (QED) is 0.877. The minimum absolute atomic E-state index is 0.304. The summed E-state index contributed by atoms with van der Waals surface area (Å²) in [6, 6.07) is 8.82. The molecule has 0 bridgehead atoms. The molecule has 0 radical (unpaired) electrons. The molecule has 0 aliphatic heterocycles. The largest absolute Gasteiger partial charge is 0.310 e. The van der Waals surface area contributed by atoms with Crippen LogP contribution in [0.25, 0.3) is 0 Å². The van der Waals surface area contributed by atoms with E-state index in [0.717, 1.165) is 30.9 Å². The fourth-order valence-corrected chi connectivity index (χ4v) is 2.51. The molecule has 21 heavy (non-hydrogen) atoms. The lowest BCUT2D eigenvalue weighted by Gasteiger charge is -2.15. The molecule has 0 saturated carbocycles. The van der Waals surface area contributed by atoms with E-state index in [0.29, 0.717) is 6.04 Å². The predicted molar refractivity (Wildman–Crippen MR) is 87.5 cm³/mol. The van der Waals surface area contributed by atoms with Crippen molar-refractivity contribution in [1.82, 2.24) is 15.3 Å². The van der Waals surface area contributed by atoms with Crippen LogP contribution in [0.3, 0.4) is 0 Å². The Morgan fingerprint density at radius 1 is 1.24 bits per heavy atom. The average Bonchev–Trinajstić information content (AvgIpc) is 2.45. The van der Waals surface area contributed by atoms with Gasteiger partial charge in [-0.25, -0.2) is 9.97 Å². The summed E-state index contributed by atoms with van der Waals surface area (Å²) < 4.78 is 0. The standard InChI is InChI=1S/C18H25N3/c1-5-9-19-14(3)17-12-20-18(21-15(17)4)11-16-8-6-7-13(2)10-16/h6-8,10,12,14,19H,5,9,11H2,1-4H3. The zero-order valence-corrected chi connectivity index (χ0v) is 13.5. The smallest absolute Gasteiger partial charge is 0.132 e. The highest BCUT2D eigenvalue weighted by Gasteiger charge is 2.10. The van der Waals surface area contributed by atoms with Crippen molar-refractivity contribution < 1.29 is 0 Å². The molecule has 0 aliphatic carbocycles. The molecule has 112 valence electrons. The maximum Gasteiger partial charge on any atom is 0.132 e. The van der Waals surface area contributed by atoms with E-state index in [2.05, 4.69) is 67.2 Å². The topological polar surface area (TPSA) is 37.8 Å². The van der Waals surface area contributed by atoms with Gasteiger partial charge in [-0.15, -0.1) is 0 Å². The SMILES string of the molecule is CCCNC(C)c1cnc(Cc2cccc(C)c2)nc1C. The second-order valence-electron chi connectivity index (χ2n) is 5.67. The fraction of sp³-hybridized carbons (Fsp3) is 0.444. The van der Waals surface area contributed by atoms with Gasteiger partial charge in [0.1, 0.15) is 5.82 Å². The van der Waals surface area contributed by atoms with Gasteiger partial charge < -0.3 is 5.32 Å². The number of benzene rings is 1. The Labute approximate surface area is 127 Å². The Morgan fingerprint density at radius 3 is 2.71 bits per heavy atom. The molecule has 0 amide bonds. The Morgan fingerprint density at radius 2 is 2.05 bits per heavy atom. The molecule has 1 heterocycles. The molecule has 1 N–H and O–H groups in total. The van der Waals surface area contributed by atoms with Crippen molar-refractivity contribution in [2.75, 3.05) is 6.54 Å². The average molecular weight is 283 g/mol. The first-order chi connectivity index (χ1) is 10.1. The van der Waals surface area contributed by atoms with E-state index in [1.807, 2.05) is 6.20 Å². The molecule has 0 fully saturated rings. The van der Waals surface area contributed by atoms with Crippen molar-refractivity contribution in [3.63, 3.8) is 0 Å². The van der Waals surface area contributed by atoms with Gasteiger partial charge in [0.05, 0.1) is 0 Å². The predicted octanol–water partition coefficient (Wildman–Crippen LogP) is 3.74. The van der Waals surface area contributed by atoms with Gasteiger partial charge in [0, 0.05) is 29.9 Å². The van der Waals surface area contributed by atoms with Crippen molar-refractivity contribution >= 4 is 0 Å². The monoisotopic (exact) mass is 283 g/mol. The van der Waals surface area contributed by atoms with E-state index in [1.165, 1.54) is 16.7 Å². The summed E-state index contributed by atoms with van der Waals surface area (Å²) >= 11 is 0. The first kappa shape index (κ1) is 15.6. The van der Waals surface area contributed by atoms with E-state index in [-0.39, 0.29) is 0 Å². The van der Waals surface area contributed by atoms with Gasteiger partial charge in [0.15, 0.2) is 0 Å². The summed E-state index contributed by atoms with van der Waals surface area (Å²) in [6.45, 7) is 9.54.